The predicted octanol–water partition coefficient (Wildman–Crippen LogP) is 2.14. The summed E-state index contributed by atoms with van der Waals surface area (Å²) in [6.45, 7) is 0. The first-order valence-electron chi connectivity index (χ1n) is 7.95. The molecule has 0 N–H and O–H groups in total. The lowest BCUT2D eigenvalue weighted by Gasteiger charge is -2.21. The zero-order valence-electron chi connectivity index (χ0n) is 13.8. The highest BCUT2D eigenvalue weighted by Crippen LogP contribution is 2.37. The minimum absolute atomic E-state index is 0.132. The number of amides is 4. The molecule has 2 aliphatic rings. The first-order valence-corrected chi connectivity index (χ1v) is 7.95. The zero-order chi connectivity index (χ0) is 19.0. The van der Waals surface area contributed by atoms with Crippen molar-refractivity contribution < 1.29 is 23.9 Å². The van der Waals surface area contributed by atoms with Crippen LogP contribution in [0, 0.1) is 6.07 Å². The van der Waals surface area contributed by atoms with Crippen molar-refractivity contribution in [2.45, 2.75) is 0 Å². The van der Waals surface area contributed by atoms with Crippen molar-refractivity contribution in [2.24, 2.45) is 0 Å². The summed E-state index contributed by atoms with van der Waals surface area (Å²) in [7, 11) is 0. The second-order valence-electron chi connectivity index (χ2n) is 5.68. The molecule has 27 heavy (non-hydrogen) atoms. The number of benzene rings is 2. The van der Waals surface area contributed by atoms with Gasteiger partial charge >= 0.3 is 0 Å². The van der Waals surface area contributed by atoms with E-state index >= 15 is 0 Å². The monoisotopic (exact) mass is 359 g/mol. The highest BCUT2D eigenvalue weighted by atomic mass is 16.5. The van der Waals surface area contributed by atoms with Crippen molar-refractivity contribution in [3.05, 3.63) is 72.8 Å². The summed E-state index contributed by atoms with van der Waals surface area (Å²) in [5.41, 5.74) is 0.360. The molecule has 2 aromatic rings. The molecular weight excluding hydrogens is 348 g/mol. The maximum absolute atomic E-state index is 12.1. The molecule has 7 nitrogen and oxygen atoms in total. The Morgan fingerprint density at radius 2 is 1.26 bits per heavy atom. The van der Waals surface area contributed by atoms with Crippen LogP contribution < -0.4 is 14.5 Å². The number of rotatable bonds is 4. The van der Waals surface area contributed by atoms with E-state index in [4.69, 9.17) is 4.74 Å². The molecule has 7 heteroatoms. The second-order valence-corrected chi connectivity index (χ2v) is 5.68. The molecule has 2 aromatic carbocycles. The standard InChI is InChI=1S/C20H11N2O5/c23-17-8-9-18(24)21(17)13-6-7-16(27-14-4-2-1-3-5-14)15(12-13)22-19(25)10-11-20(22)26/h2-12H. The third-order valence-corrected chi connectivity index (χ3v) is 3.98. The number of anilines is 2. The Balaban J connectivity index is 1.79. The lowest BCUT2D eigenvalue weighted by molar-refractivity contribution is -0.121. The van der Waals surface area contributed by atoms with Crippen LogP contribution in [-0.2, 0) is 19.2 Å². The van der Waals surface area contributed by atoms with E-state index in [2.05, 4.69) is 6.07 Å². The maximum Gasteiger partial charge on any atom is 0.258 e. The highest BCUT2D eigenvalue weighted by Gasteiger charge is 2.31. The van der Waals surface area contributed by atoms with Crippen molar-refractivity contribution in [1.29, 1.82) is 0 Å². The summed E-state index contributed by atoms with van der Waals surface area (Å²) in [5, 5.41) is 0. The van der Waals surface area contributed by atoms with Gasteiger partial charge in [0.05, 0.1) is 11.4 Å². The normalized spacial score (nSPS) is 16.0. The number of carbonyl (C=O) groups excluding carboxylic acids is 4. The van der Waals surface area contributed by atoms with Gasteiger partial charge in [0.2, 0.25) is 0 Å². The van der Waals surface area contributed by atoms with Gasteiger partial charge in [-0.1, -0.05) is 12.1 Å². The number of hydrogen-bond acceptors (Lipinski definition) is 5. The van der Waals surface area contributed by atoms with Crippen molar-refractivity contribution >= 4 is 35.0 Å². The summed E-state index contributed by atoms with van der Waals surface area (Å²) in [6.07, 6.45) is 4.59. The van der Waals surface area contributed by atoms with Crippen LogP contribution in [0.3, 0.4) is 0 Å². The van der Waals surface area contributed by atoms with E-state index < -0.39 is 23.6 Å². The van der Waals surface area contributed by atoms with E-state index in [0.29, 0.717) is 5.75 Å². The van der Waals surface area contributed by atoms with Crippen LogP contribution in [0.25, 0.3) is 0 Å². The number of carbonyl (C=O) groups is 4. The minimum atomic E-state index is -0.541. The van der Waals surface area contributed by atoms with E-state index in [9.17, 15) is 19.2 Å². The van der Waals surface area contributed by atoms with Gasteiger partial charge in [-0.05, 0) is 36.4 Å². The van der Waals surface area contributed by atoms with Gasteiger partial charge in [-0.25, -0.2) is 9.80 Å². The molecule has 0 aliphatic carbocycles. The number of nitrogens with zero attached hydrogens (tertiary/aromatic N) is 2. The van der Waals surface area contributed by atoms with E-state index in [1.807, 2.05) is 0 Å². The molecule has 0 saturated heterocycles. The van der Waals surface area contributed by atoms with Crippen molar-refractivity contribution in [2.75, 3.05) is 9.80 Å². The molecule has 4 amide bonds. The SMILES string of the molecule is O=C1C=CC(=O)N1c1ccc(Oc2cc[c]cc2)c(N2C(=O)C=CC2=O)c1. The van der Waals surface area contributed by atoms with Crippen molar-refractivity contribution in [1.82, 2.24) is 0 Å². The molecule has 4 rings (SSSR count). The molecule has 0 atom stereocenters. The molecule has 131 valence electrons. The van der Waals surface area contributed by atoms with Crippen LogP contribution in [0.15, 0.2) is 66.8 Å². The average Bonchev–Trinajstić information content (AvgIpc) is 3.18. The van der Waals surface area contributed by atoms with Crippen LogP contribution in [0.5, 0.6) is 11.5 Å². The van der Waals surface area contributed by atoms with Gasteiger partial charge in [-0.3, -0.25) is 19.2 Å². The van der Waals surface area contributed by atoms with Crippen molar-refractivity contribution in [3.8, 4) is 11.5 Å². The van der Waals surface area contributed by atoms with Gasteiger partial charge in [0.1, 0.15) is 5.75 Å². The van der Waals surface area contributed by atoms with Crippen LogP contribution in [0.4, 0.5) is 11.4 Å². The lowest BCUT2D eigenvalue weighted by atomic mass is 10.2. The van der Waals surface area contributed by atoms with Gasteiger partial charge in [0.25, 0.3) is 23.6 Å². The van der Waals surface area contributed by atoms with Gasteiger partial charge in [0.15, 0.2) is 5.75 Å². The van der Waals surface area contributed by atoms with Gasteiger partial charge in [-0.2, -0.15) is 0 Å². The summed E-state index contributed by atoms with van der Waals surface area (Å²) >= 11 is 0. The molecule has 2 aliphatic heterocycles. The smallest absolute Gasteiger partial charge is 0.258 e. The fourth-order valence-corrected chi connectivity index (χ4v) is 2.76. The van der Waals surface area contributed by atoms with Crippen LogP contribution >= 0.6 is 0 Å². The first kappa shape index (κ1) is 16.5. The molecule has 0 spiro atoms. The van der Waals surface area contributed by atoms with Gasteiger partial charge in [0, 0.05) is 24.3 Å². The summed E-state index contributed by atoms with van der Waals surface area (Å²) in [6, 6.07) is 13.9. The Labute approximate surface area is 153 Å². The maximum atomic E-state index is 12.1. The number of ether oxygens (including phenoxy) is 1. The fourth-order valence-electron chi connectivity index (χ4n) is 2.76. The summed E-state index contributed by atoms with van der Waals surface area (Å²) < 4.78 is 5.79. The quantitative estimate of drug-likeness (QED) is 0.781. The van der Waals surface area contributed by atoms with Crippen LogP contribution in [0.2, 0.25) is 0 Å². The Morgan fingerprint density at radius 1 is 0.704 bits per heavy atom. The predicted molar refractivity (Wildman–Crippen MR) is 95.1 cm³/mol. The lowest BCUT2D eigenvalue weighted by Crippen LogP contribution is -2.32. The highest BCUT2D eigenvalue weighted by molar-refractivity contribution is 6.30. The first-order chi connectivity index (χ1) is 13.0. The molecule has 0 saturated carbocycles. The largest absolute Gasteiger partial charge is 0.455 e. The molecule has 0 unspecified atom stereocenters. The Kier molecular flexibility index (Phi) is 3.89. The molecular formula is C20H11N2O5. The summed E-state index contributed by atoms with van der Waals surface area (Å²) in [5.74, 6) is -1.39. The van der Waals surface area contributed by atoms with E-state index in [0.717, 1.165) is 34.1 Å². The zero-order valence-corrected chi connectivity index (χ0v) is 13.8. The topological polar surface area (TPSA) is 84.0 Å². The molecule has 1 radical (unpaired) electrons. The minimum Gasteiger partial charge on any atom is -0.455 e. The van der Waals surface area contributed by atoms with E-state index in [1.165, 1.54) is 18.2 Å². The number of imide groups is 2. The molecule has 0 aromatic heterocycles. The van der Waals surface area contributed by atoms with Gasteiger partial charge in [-0.15, -0.1) is 0 Å². The van der Waals surface area contributed by atoms with Gasteiger partial charge < -0.3 is 4.74 Å². The molecule has 2 heterocycles. The Bertz CT molecular complexity index is 1000. The van der Waals surface area contributed by atoms with Crippen LogP contribution in [-0.4, -0.2) is 23.6 Å². The van der Waals surface area contributed by atoms with Crippen molar-refractivity contribution in [3.63, 3.8) is 0 Å². The Hall–Kier alpha value is -4.00. The Morgan fingerprint density at radius 3 is 1.85 bits per heavy atom. The third kappa shape index (κ3) is 2.91. The van der Waals surface area contributed by atoms with E-state index in [-0.39, 0.29) is 17.1 Å². The molecule has 0 bridgehead atoms. The fraction of sp³-hybridized carbons (Fsp3) is 0. The van der Waals surface area contributed by atoms with E-state index in [1.54, 1.807) is 24.3 Å². The second kappa shape index (κ2) is 6.38. The average molecular weight is 359 g/mol. The summed E-state index contributed by atoms with van der Waals surface area (Å²) in [4.78, 5) is 50.1. The third-order valence-electron chi connectivity index (χ3n) is 3.98. The number of hydrogen-bond donors (Lipinski definition) is 0. The molecule has 0 fully saturated rings. The van der Waals surface area contributed by atoms with Crippen LogP contribution in [0.1, 0.15) is 0 Å².